The van der Waals surface area contributed by atoms with E-state index in [0.29, 0.717) is 33.8 Å². The van der Waals surface area contributed by atoms with E-state index in [1.807, 2.05) is 0 Å². The molecule has 2 N–H and O–H groups in total. The van der Waals surface area contributed by atoms with Crippen LogP contribution in [0.4, 0.5) is 10.5 Å². The van der Waals surface area contributed by atoms with Gasteiger partial charge in [-0.3, -0.25) is 19.3 Å². The number of thioether (sulfide) groups is 1. The lowest BCUT2D eigenvalue weighted by Crippen LogP contribution is -2.36. The number of imide groups is 1. The number of carbonyl (C=O) groups is 4. The molecule has 1 heterocycles. The van der Waals surface area contributed by atoms with Crippen LogP contribution < -0.4 is 14.8 Å². The topological polar surface area (TPSA) is 122 Å². The molecule has 0 radical (unpaired) electrons. The van der Waals surface area contributed by atoms with Crippen LogP contribution in [0.2, 0.25) is 5.02 Å². The predicted molar refractivity (Wildman–Crippen MR) is 119 cm³/mol. The highest BCUT2D eigenvalue weighted by atomic mass is 35.5. The number of carboxylic acid groups (broad SMARTS) is 1. The number of anilines is 1. The number of nitrogens with one attached hydrogen (secondary N) is 1. The third-order valence-electron chi connectivity index (χ3n) is 4.17. The van der Waals surface area contributed by atoms with Gasteiger partial charge in [0.25, 0.3) is 11.1 Å². The third kappa shape index (κ3) is 5.59. The van der Waals surface area contributed by atoms with Crippen LogP contribution in [0.3, 0.4) is 0 Å². The molecule has 0 aliphatic carbocycles. The van der Waals surface area contributed by atoms with E-state index in [-0.39, 0.29) is 10.7 Å². The minimum atomic E-state index is -1.15. The molecule has 0 aromatic heterocycles. The number of aliphatic carboxylic acids is 1. The highest BCUT2D eigenvalue weighted by Crippen LogP contribution is 2.34. The molecule has 1 aliphatic heterocycles. The van der Waals surface area contributed by atoms with Crippen LogP contribution in [0.25, 0.3) is 6.08 Å². The molecule has 0 bridgehead atoms. The van der Waals surface area contributed by atoms with Crippen molar-refractivity contribution in [1.29, 1.82) is 0 Å². The molecule has 3 amide bonds. The maximum absolute atomic E-state index is 12.7. The van der Waals surface area contributed by atoms with Crippen LogP contribution in [0.5, 0.6) is 11.5 Å². The fourth-order valence-corrected chi connectivity index (χ4v) is 3.82. The molecule has 32 heavy (non-hydrogen) atoms. The zero-order valence-electron chi connectivity index (χ0n) is 16.7. The van der Waals surface area contributed by atoms with Crippen molar-refractivity contribution in [2.24, 2.45) is 0 Å². The molecule has 0 atom stereocenters. The fraction of sp³-hybridized carbons (Fsp3) is 0.143. The van der Waals surface area contributed by atoms with Gasteiger partial charge in [0.2, 0.25) is 5.91 Å². The van der Waals surface area contributed by atoms with Crippen LogP contribution in [0.15, 0.2) is 47.4 Å². The quantitative estimate of drug-likeness (QED) is 0.555. The van der Waals surface area contributed by atoms with Crippen molar-refractivity contribution in [1.82, 2.24) is 4.90 Å². The summed E-state index contributed by atoms with van der Waals surface area (Å²) >= 11 is 6.70. The van der Waals surface area contributed by atoms with Gasteiger partial charge in [-0.1, -0.05) is 29.8 Å². The minimum absolute atomic E-state index is 0.0849. The van der Waals surface area contributed by atoms with Gasteiger partial charge in [-0.25, -0.2) is 4.79 Å². The summed E-state index contributed by atoms with van der Waals surface area (Å²) in [5, 5.41) is 11.1. The SMILES string of the molecule is COc1ccc(NC(=O)CN2C(=O)SC(=Cc3ccccc3OCC(=O)O)C2=O)cc1Cl. The highest BCUT2D eigenvalue weighted by molar-refractivity contribution is 8.18. The summed E-state index contributed by atoms with van der Waals surface area (Å²) in [5.74, 6) is -1.69. The molecule has 1 aliphatic rings. The van der Waals surface area contributed by atoms with Crippen molar-refractivity contribution in [3.8, 4) is 11.5 Å². The number of amides is 3. The summed E-state index contributed by atoms with van der Waals surface area (Å²) in [6.07, 6.45) is 1.42. The molecule has 1 saturated heterocycles. The summed E-state index contributed by atoms with van der Waals surface area (Å²) in [6.45, 7) is -1.04. The minimum Gasteiger partial charge on any atom is -0.495 e. The predicted octanol–water partition coefficient (Wildman–Crippen LogP) is 3.49. The molecule has 0 unspecified atom stereocenters. The molecule has 0 saturated carbocycles. The highest BCUT2D eigenvalue weighted by Gasteiger charge is 2.36. The van der Waals surface area contributed by atoms with Gasteiger partial charge in [-0.05, 0) is 42.1 Å². The normalized spacial score (nSPS) is 14.6. The molecule has 2 aromatic carbocycles. The van der Waals surface area contributed by atoms with Crippen LogP contribution in [-0.2, 0) is 14.4 Å². The number of hydrogen-bond acceptors (Lipinski definition) is 7. The molecule has 9 nitrogen and oxygen atoms in total. The molecular weight excluding hydrogens is 460 g/mol. The van der Waals surface area contributed by atoms with E-state index >= 15 is 0 Å². The summed E-state index contributed by atoms with van der Waals surface area (Å²) in [6, 6.07) is 11.1. The number of benzene rings is 2. The molecule has 0 spiro atoms. The van der Waals surface area contributed by atoms with Crippen molar-refractivity contribution in [3.63, 3.8) is 0 Å². The number of carbonyl (C=O) groups excluding carboxylic acids is 3. The second-order valence-corrected chi connectivity index (χ2v) is 7.79. The monoisotopic (exact) mass is 476 g/mol. The average molecular weight is 477 g/mol. The Kier molecular flexibility index (Phi) is 7.39. The molecular formula is C21H17ClN2O7S. The number of halogens is 1. The van der Waals surface area contributed by atoms with Gasteiger partial charge in [0, 0.05) is 11.3 Å². The molecule has 3 rings (SSSR count). The lowest BCUT2D eigenvalue weighted by molar-refractivity contribution is -0.139. The maximum atomic E-state index is 12.7. The Morgan fingerprint density at radius 3 is 2.62 bits per heavy atom. The number of hydrogen-bond donors (Lipinski definition) is 2. The molecule has 11 heteroatoms. The zero-order chi connectivity index (χ0) is 23.3. The average Bonchev–Trinajstić information content (AvgIpc) is 3.00. The molecule has 166 valence electrons. The Morgan fingerprint density at radius 1 is 1.19 bits per heavy atom. The first-order valence-electron chi connectivity index (χ1n) is 9.11. The van der Waals surface area contributed by atoms with Gasteiger partial charge in [0.05, 0.1) is 17.0 Å². The number of methoxy groups -OCH3 is 1. The summed E-state index contributed by atoms with van der Waals surface area (Å²) in [5.41, 5.74) is 0.810. The smallest absolute Gasteiger partial charge is 0.341 e. The molecule has 1 fully saturated rings. The van der Waals surface area contributed by atoms with Crippen LogP contribution in [0.1, 0.15) is 5.56 Å². The first-order chi connectivity index (χ1) is 15.3. The third-order valence-corrected chi connectivity index (χ3v) is 5.37. The number of ether oxygens (including phenoxy) is 2. The van der Waals surface area contributed by atoms with Crippen molar-refractivity contribution in [2.75, 3.05) is 25.6 Å². The largest absolute Gasteiger partial charge is 0.495 e. The van der Waals surface area contributed by atoms with Crippen LogP contribution >= 0.6 is 23.4 Å². The van der Waals surface area contributed by atoms with Gasteiger partial charge in [-0.15, -0.1) is 0 Å². The number of rotatable bonds is 8. The number of para-hydroxylation sites is 1. The van der Waals surface area contributed by atoms with Crippen molar-refractivity contribution in [3.05, 3.63) is 58.0 Å². The van der Waals surface area contributed by atoms with Gasteiger partial charge >= 0.3 is 5.97 Å². The van der Waals surface area contributed by atoms with Crippen molar-refractivity contribution >= 4 is 58.1 Å². The summed E-state index contributed by atoms with van der Waals surface area (Å²) in [4.78, 5) is 49.0. The van der Waals surface area contributed by atoms with Crippen molar-refractivity contribution < 1.29 is 33.8 Å². The molecule has 2 aromatic rings. The van der Waals surface area contributed by atoms with Gasteiger partial charge in [-0.2, -0.15) is 0 Å². The second kappa shape index (κ2) is 10.2. The Hall–Kier alpha value is -3.50. The summed E-state index contributed by atoms with van der Waals surface area (Å²) < 4.78 is 10.3. The van der Waals surface area contributed by atoms with E-state index in [9.17, 15) is 19.2 Å². The first kappa shape index (κ1) is 23.2. The van der Waals surface area contributed by atoms with E-state index in [2.05, 4.69) is 5.32 Å². The number of carboxylic acids is 1. The lowest BCUT2D eigenvalue weighted by atomic mass is 10.2. The Morgan fingerprint density at radius 2 is 1.94 bits per heavy atom. The summed E-state index contributed by atoms with van der Waals surface area (Å²) in [7, 11) is 1.46. The maximum Gasteiger partial charge on any atom is 0.341 e. The number of nitrogens with zero attached hydrogens (tertiary/aromatic N) is 1. The van der Waals surface area contributed by atoms with E-state index in [1.54, 1.807) is 36.4 Å². The van der Waals surface area contributed by atoms with Crippen LogP contribution in [-0.4, -0.2) is 53.3 Å². The van der Waals surface area contributed by atoms with Crippen molar-refractivity contribution in [2.45, 2.75) is 0 Å². The lowest BCUT2D eigenvalue weighted by Gasteiger charge is -2.13. The van der Waals surface area contributed by atoms with E-state index in [4.69, 9.17) is 26.2 Å². The van der Waals surface area contributed by atoms with E-state index in [1.165, 1.54) is 19.3 Å². The second-order valence-electron chi connectivity index (χ2n) is 6.39. The van der Waals surface area contributed by atoms with E-state index in [0.717, 1.165) is 4.90 Å². The van der Waals surface area contributed by atoms with Gasteiger partial charge in [0.15, 0.2) is 6.61 Å². The van der Waals surface area contributed by atoms with Crippen LogP contribution in [0, 0.1) is 0 Å². The van der Waals surface area contributed by atoms with Gasteiger partial charge in [0.1, 0.15) is 18.0 Å². The van der Waals surface area contributed by atoms with Gasteiger partial charge < -0.3 is 19.9 Å². The van der Waals surface area contributed by atoms with E-state index < -0.39 is 36.2 Å². The zero-order valence-corrected chi connectivity index (χ0v) is 18.2. The Labute approximate surface area is 191 Å². The Balaban J connectivity index is 1.70. The standard InChI is InChI=1S/C21H17ClN2O7S/c1-30-16-7-6-13(9-14(16)22)23-18(25)10-24-20(28)17(32-21(24)29)8-12-4-2-3-5-15(12)31-11-19(26)27/h2-9H,10-11H2,1H3,(H,23,25)(H,26,27). The Bertz CT molecular complexity index is 1120. The first-order valence-corrected chi connectivity index (χ1v) is 10.3. The fourth-order valence-electron chi connectivity index (χ4n) is 2.74.